The number of hydrogen-bond donors (Lipinski definition) is 2. The number of nitrogens with one attached hydrogen (secondary N) is 1. The summed E-state index contributed by atoms with van der Waals surface area (Å²) in [5.41, 5.74) is 8.65. The summed E-state index contributed by atoms with van der Waals surface area (Å²) in [6.45, 7) is 1.18. The van der Waals surface area contributed by atoms with Crippen LogP contribution < -0.4 is 5.73 Å². The topological polar surface area (TPSA) is 98.8 Å². The van der Waals surface area contributed by atoms with Crippen LogP contribution in [0, 0.1) is 11.3 Å². The van der Waals surface area contributed by atoms with Crippen LogP contribution in [0.25, 0.3) is 10.9 Å². The highest BCUT2D eigenvalue weighted by molar-refractivity contribution is 7.15. The van der Waals surface area contributed by atoms with Crippen LogP contribution in [0.4, 0.5) is 5.13 Å². The van der Waals surface area contributed by atoms with Crippen LogP contribution in [-0.4, -0.2) is 27.3 Å². The number of thiazole rings is 1. The number of H-pyrrole nitrogens is 1. The van der Waals surface area contributed by atoms with Crippen molar-refractivity contribution in [2.45, 2.75) is 13.0 Å². The quantitative estimate of drug-likeness (QED) is 0.717. The highest BCUT2D eigenvalue weighted by Crippen LogP contribution is 2.27. The number of benzene rings is 1. The second kappa shape index (κ2) is 5.11. The van der Waals surface area contributed by atoms with Crippen molar-refractivity contribution in [3.05, 3.63) is 46.1 Å². The van der Waals surface area contributed by atoms with Gasteiger partial charge in [0.2, 0.25) is 0 Å². The first kappa shape index (κ1) is 13.8. The average molecular weight is 323 g/mol. The molecule has 0 aliphatic carbocycles. The molecule has 2 aromatic heterocycles. The number of fused-ring (bicyclic) bond motifs is 2. The third-order valence-corrected chi connectivity index (χ3v) is 4.93. The second-order valence-corrected chi connectivity index (χ2v) is 6.61. The van der Waals surface area contributed by atoms with Crippen LogP contribution in [0.2, 0.25) is 0 Å². The molecule has 0 radical (unpaired) electrons. The van der Waals surface area contributed by atoms with Gasteiger partial charge in [0, 0.05) is 28.7 Å². The van der Waals surface area contributed by atoms with Crippen molar-refractivity contribution in [1.29, 1.82) is 5.26 Å². The number of nitriles is 1. The van der Waals surface area contributed by atoms with E-state index in [2.05, 4.69) is 16.0 Å². The van der Waals surface area contributed by atoms with Gasteiger partial charge in [-0.05, 0) is 18.2 Å². The molecule has 0 saturated carbocycles. The Hall–Kier alpha value is -2.85. The summed E-state index contributed by atoms with van der Waals surface area (Å²) in [5, 5.41) is 10.4. The maximum absolute atomic E-state index is 12.7. The van der Waals surface area contributed by atoms with Crippen molar-refractivity contribution < 1.29 is 4.79 Å². The summed E-state index contributed by atoms with van der Waals surface area (Å²) in [5.74, 6) is -0.0441. The highest BCUT2D eigenvalue weighted by Gasteiger charge is 2.25. The molecule has 114 valence electrons. The van der Waals surface area contributed by atoms with Gasteiger partial charge in [-0.15, -0.1) is 11.3 Å². The molecule has 0 unspecified atom stereocenters. The molecule has 23 heavy (non-hydrogen) atoms. The molecule has 1 amide bonds. The molecule has 0 fully saturated rings. The number of anilines is 1. The molecular weight excluding hydrogens is 310 g/mol. The molecule has 6 nitrogen and oxygen atoms in total. The lowest BCUT2D eigenvalue weighted by Gasteiger charge is -2.25. The second-order valence-electron chi connectivity index (χ2n) is 5.50. The largest absolute Gasteiger partial charge is 0.375 e. The number of carbonyl (C=O) groups is 1. The lowest BCUT2D eigenvalue weighted by atomic mass is 10.1. The zero-order chi connectivity index (χ0) is 16.0. The van der Waals surface area contributed by atoms with Crippen LogP contribution in [0.3, 0.4) is 0 Å². The molecule has 0 atom stereocenters. The maximum atomic E-state index is 12.7. The molecule has 7 heteroatoms. The first-order valence-corrected chi connectivity index (χ1v) is 8.02. The van der Waals surface area contributed by atoms with E-state index in [0.29, 0.717) is 29.5 Å². The highest BCUT2D eigenvalue weighted by atomic mass is 32.1. The van der Waals surface area contributed by atoms with Crippen molar-refractivity contribution in [1.82, 2.24) is 14.9 Å². The van der Waals surface area contributed by atoms with E-state index < -0.39 is 0 Å². The third-order valence-electron chi connectivity index (χ3n) is 4.02. The SMILES string of the molecule is N#Cc1ccc2cc(C(=O)N3CCc4nc(N)sc4C3)[nH]c2c1. The van der Waals surface area contributed by atoms with E-state index in [9.17, 15) is 4.79 Å². The Labute approximate surface area is 136 Å². The van der Waals surface area contributed by atoms with Crippen LogP contribution >= 0.6 is 11.3 Å². The predicted molar refractivity (Wildman–Crippen MR) is 88.0 cm³/mol. The molecular formula is C16H13N5OS. The minimum atomic E-state index is -0.0441. The Morgan fingerprint density at radius 2 is 2.30 bits per heavy atom. The molecule has 1 aliphatic heterocycles. The van der Waals surface area contributed by atoms with Gasteiger partial charge in [0.25, 0.3) is 5.91 Å². The fourth-order valence-electron chi connectivity index (χ4n) is 2.87. The van der Waals surface area contributed by atoms with Crippen LogP contribution in [0.1, 0.15) is 26.6 Å². The zero-order valence-electron chi connectivity index (χ0n) is 12.2. The molecule has 0 saturated heterocycles. The number of aromatic nitrogens is 2. The number of nitrogens with zero attached hydrogens (tertiary/aromatic N) is 3. The number of carbonyl (C=O) groups excluding carboxylic acids is 1. The van der Waals surface area contributed by atoms with Gasteiger partial charge in [-0.2, -0.15) is 5.26 Å². The van der Waals surface area contributed by atoms with Gasteiger partial charge in [-0.25, -0.2) is 4.98 Å². The number of aromatic amines is 1. The first-order chi connectivity index (χ1) is 11.1. The summed E-state index contributed by atoms with van der Waals surface area (Å²) in [6.07, 6.45) is 0.730. The fraction of sp³-hybridized carbons (Fsp3) is 0.188. The van der Waals surface area contributed by atoms with Crippen molar-refractivity contribution >= 4 is 33.3 Å². The zero-order valence-corrected chi connectivity index (χ0v) is 13.0. The van der Waals surface area contributed by atoms with E-state index in [-0.39, 0.29) is 5.91 Å². The van der Waals surface area contributed by atoms with E-state index in [4.69, 9.17) is 11.0 Å². The number of rotatable bonds is 1. The minimum absolute atomic E-state index is 0.0441. The van der Waals surface area contributed by atoms with Gasteiger partial charge in [-0.1, -0.05) is 6.07 Å². The molecule has 1 aromatic carbocycles. The lowest BCUT2D eigenvalue weighted by molar-refractivity contribution is 0.0731. The smallest absolute Gasteiger partial charge is 0.270 e. The summed E-state index contributed by atoms with van der Waals surface area (Å²) < 4.78 is 0. The van der Waals surface area contributed by atoms with Gasteiger partial charge in [0.1, 0.15) is 5.69 Å². The molecule has 1 aliphatic rings. The Bertz CT molecular complexity index is 965. The van der Waals surface area contributed by atoms with Gasteiger partial charge in [0.15, 0.2) is 5.13 Å². The molecule has 0 bridgehead atoms. The van der Waals surface area contributed by atoms with Crippen molar-refractivity contribution in [2.24, 2.45) is 0 Å². The Morgan fingerprint density at radius 1 is 1.43 bits per heavy atom. The number of amides is 1. The van der Waals surface area contributed by atoms with Gasteiger partial charge in [0.05, 0.1) is 23.9 Å². The van der Waals surface area contributed by atoms with Crippen LogP contribution in [-0.2, 0) is 13.0 Å². The minimum Gasteiger partial charge on any atom is -0.375 e. The summed E-state index contributed by atoms with van der Waals surface area (Å²) >= 11 is 1.44. The predicted octanol–water partition coefficient (Wildman–Crippen LogP) is 2.28. The molecule has 3 aromatic rings. The third kappa shape index (κ3) is 2.33. The maximum Gasteiger partial charge on any atom is 0.270 e. The van der Waals surface area contributed by atoms with Gasteiger partial charge in [-0.3, -0.25) is 4.79 Å². The van der Waals surface area contributed by atoms with Crippen molar-refractivity contribution in [3.63, 3.8) is 0 Å². The average Bonchev–Trinajstić information content (AvgIpc) is 3.14. The van der Waals surface area contributed by atoms with Crippen molar-refractivity contribution in [2.75, 3.05) is 12.3 Å². The van der Waals surface area contributed by atoms with E-state index in [0.717, 1.165) is 27.9 Å². The molecule has 4 rings (SSSR count). The lowest BCUT2D eigenvalue weighted by Crippen LogP contribution is -2.35. The van der Waals surface area contributed by atoms with E-state index in [1.54, 1.807) is 17.0 Å². The Balaban J connectivity index is 1.63. The van der Waals surface area contributed by atoms with E-state index in [1.165, 1.54) is 11.3 Å². The normalized spacial score (nSPS) is 13.8. The van der Waals surface area contributed by atoms with Crippen molar-refractivity contribution in [3.8, 4) is 6.07 Å². The van der Waals surface area contributed by atoms with Gasteiger partial charge >= 0.3 is 0 Å². The Morgan fingerprint density at radius 3 is 3.13 bits per heavy atom. The molecule has 3 N–H and O–H groups in total. The standard InChI is InChI=1S/C16H13N5OS/c17-7-9-1-2-10-6-13(19-12(10)5-9)15(22)21-4-3-11-14(8-21)23-16(18)20-11/h1-2,5-6,19H,3-4,8H2,(H2,18,20). The summed E-state index contributed by atoms with van der Waals surface area (Å²) in [6, 6.07) is 9.28. The molecule has 3 heterocycles. The summed E-state index contributed by atoms with van der Waals surface area (Å²) in [7, 11) is 0. The monoisotopic (exact) mass is 323 g/mol. The Kier molecular flexibility index (Phi) is 3.06. The number of hydrogen-bond acceptors (Lipinski definition) is 5. The van der Waals surface area contributed by atoms with E-state index >= 15 is 0 Å². The van der Waals surface area contributed by atoms with Gasteiger partial charge < -0.3 is 15.6 Å². The first-order valence-electron chi connectivity index (χ1n) is 7.20. The fourth-order valence-corrected chi connectivity index (χ4v) is 3.77. The number of nitrogens with two attached hydrogens (primary N) is 1. The van der Waals surface area contributed by atoms with Crippen LogP contribution in [0.15, 0.2) is 24.3 Å². The number of nitrogen functional groups attached to an aromatic ring is 1. The van der Waals surface area contributed by atoms with E-state index in [1.807, 2.05) is 12.1 Å². The summed E-state index contributed by atoms with van der Waals surface area (Å²) in [4.78, 5) is 23.0. The van der Waals surface area contributed by atoms with Crippen LogP contribution in [0.5, 0.6) is 0 Å². The molecule has 0 spiro atoms.